The molecule has 100 valence electrons. The van der Waals surface area contributed by atoms with Crippen molar-refractivity contribution in [3.63, 3.8) is 0 Å². The number of fused-ring (bicyclic) bond motifs is 1. The summed E-state index contributed by atoms with van der Waals surface area (Å²) in [5.41, 5.74) is 2.07. The molecule has 6 heteroatoms. The summed E-state index contributed by atoms with van der Waals surface area (Å²) in [5, 5.41) is 0. The molecule has 0 aliphatic carbocycles. The number of hydrogen-bond donors (Lipinski definition) is 1. The minimum Gasteiger partial charge on any atom is -0.341 e. The molecule has 0 amide bonds. The minimum absolute atomic E-state index is 0. The van der Waals surface area contributed by atoms with Crippen molar-refractivity contribution in [2.24, 2.45) is 0 Å². The van der Waals surface area contributed by atoms with Crippen LogP contribution in [-0.2, 0) is 6.54 Å². The first kappa shape index (κ1) is 15.6. The molecule has 0 bridgehead atoms. The fourth-order valence-electron chi connectivity index (χ4n) is 1.80. The third-order valence-corrected chi connectivity index (χ3v) is 2.95. The molecule has 0 unspecified atom stereocenters. The molecule has 0 fully saturated rings. The lowest BCUT2D eigenvalue weighted by molar-refractivity contribution is 0.293. The number of halogens is 3. The first-order chi connectivity index (χ1) is 8.33. The second-order valence-corrected chi connectivity index (χ2v) is 4.61. The fraction of sp³-hybridized carbons (Fsp3) is 0.417. The summed E-state index contributed by atoms with van der Waals surface area (Å²) in [6.07, 6.45) is 0. The van der Waals surface area contributed by atoms with Gasteiger partial charge in [-0.1, -0.05) is 12.1 Å². The average Bonchev–Trinajstić information content (AvgIpc) is 2.71. The van der Waals surface area contributed by atoms with Crippen molar-refractivity contribution in [3.05, 3.63) is 30.1 Å². The lowest BCUT2D eigenvalue weighted by Gasteiger charge is -2.18. The van der Waals surface area contributed by atoms with E-state index < -0.39 is 0 Å². The van der Waals surface area contributed by atoms with E-state index in [0.717, 1.165) is 36.5 Å². The maximum absolute atomic E-state index is 5.76. The number of rotatable bonds is 6. The highest BCUT2D eigenvalue weighted by Gasteiger charge is 2.08. The predicted octanol–water partition coefficient (Wildman–Crippen LogP) is 3.26. The molecular formula is C12H16Cl3N3. The molecule has 2 aromatic rings. The molecule has 3 nitrogen and oxygen atoms in total. The smallest absolute Gasteiger partial charge is 0.121 e. The van der Waals surface area contributed by atoms with Crippen molar-refractivity contribution >= 4 is 46.6 Å². The molecule has 0 radical (unpaired) electrons. The van der Waals surface area contributed by atoms with Gasteiger partial charge in [0, 0.05) is 24.8 Å². The van der Waals surface area contributed by atoms with Gasteiger partial charge in [-0.3, -0.25) is 4.90 Å². The molecule has 1 N–H and O–H groups in total. The van der Waals surface area contributed by atoms with Crippen molar-refractivity contribution in [2.45, 2.75) is 6.54 Å². The standard InChI is InChI=1S/C12H15Cl2N3.ClH/c13-5-7-17(8-6-14)9-12-15-10-3-1-2-4-11(10)16-12;/h1-4H,5-9H2,(H,15,16);1H. The first-order valence-corrected chi connectivity index (χ1v) is 6.68. The maximum Gasteiger partial charge on any atom is 0.121 e. The highest BCUT2D eigenvalue weighted by molar-refractivity contribution is 6.18. The second-order valence-electron chi connectivity index (χ2n) is 3.85. The van der Waals surface area contributed by atoms with Crippen molar-refractivity contribution in [2.75, 3.05) is 24.8 Å². The van der Waals surface area contributed by atoms with Crippen LogP contribution >= 0.6 is 35.6 Å². The molecule has 2 rings (SSSR count). The maximum atomic E-state index is 5.76. The van der Waals surface area contributed by atoms with Gasteiger partial charge in [-0.05, 0) is 12.1 Å². The molecule has 0 aliphatic heterocycles. The van der Waals surface area contributed by atoms with Gasteiger partial charge in [0.2, 0.25) is 0 Å². The monoisotopic (exact) mass is 307 g/mol. The number of hydrogen-bond acceptors (Lipinski definition) is 2. The second kappa shape index (κ2) is 7.85. The summed E-state index contributed by atoms with van der Waals surface area (Å²) in [4.78, 5) is 10.0. The van der Waals surface area contributed by atoms with Crippen LogP contribution in [0, 0.1) is 0 Å². The van der Waals surface area contributed by atoms with Crippen LogP contribution in [0.25, 0.3) is 11.0 Å². The highest BCUT2D eigenvalue weighted by atomic mass is 35.5. The Kier molecular flexibility index (Phi) is 6.79. The summed E-state index contributed by atoms with van der Waals surface area (Å²) in [6, 6.07) is 8.02. The number of nitrogens with zero attached hydrogens (tertiary/aromatic N) is 2. The van der Waals surface area contributed by atoms with Gasteiger partial charge in [-0.15, -0.1) is 35.6 Å². The van der Waals surface area contributed by atoms with Gasteiger partial charge >= 0.3 is 0 Å². The Morgan fingerprint density at radius 2 is 1.78 bits per heavy atom. The molecule has 0 saturated carbocycles. The normalized spacial score (nSPS) is 10.8. The van der Waals surface area contributed by atoms with E-state index in [1.54, 1.807) is 0 Å². The van der Waals surface area contributed by atoms with Gasteiger partial charge in [-0.25, -0.2) is 4.98 Å². The van der Waals surface area contributed by atoms with Gasteiger partial charge in [0.05, 0.1) is 17.6 Å². The average molecular weight is 309 g/mol. The summed E-state index contributed by atoms with van der Waals surface area (Å²) in [7, 11) is 0. The molecular weight excluding hydrogens is 293 g/mol. The van der Waals surface area contributed by atoms with E-state index in [1.807, 2.05) is 24.3 Å². The number of nitrogens with one attached hydrogen (secondary N) is 1. The Hall–Kier alpha value is -0.480. The SMILES string of the molecule is Cl.ClCCN(CCCl)Cc1nc2ccccc2[nH]1. The van der Waals surface area contributed by atoms with E-state index in [2.05, 4.69) is 14.9 Å². The van der Waals surface area contributed by atoms with Gasteiger partial charge in [-0.2, -0.15) is 0 Å². The highest BCUT2D eigenvalue weighted by Crippen LogP contribution is 2.11. The van der Waals surface area contributed by atoms with Gasteiger partial charge in [0.1, 0.15) is 5.82 Å². The zero-order chi connectivity index (χ0) is 12.1. The van der Waals surface area contributed by atoms with E-state index in [1.165, 1.54) is 0 Å². The van der Waals surface area contributed by atoms with Gasteiger partial charge < -0.3 is 4.98 Å². The van der Waals surface area contributed by atoms with Crippen LogP contribution in [-0.4, -0.2) is 39.7 Å². The van der Waals surface area contributed by atoms with E-state index in [9.17, 15) is 0 Å². The van der Waals surface area contributed by atoms with Crippen LogP contribution < -0.4 is 0 Å². The Morgan fingerprint density at radius 1 is 1.11 bits per heavy atom. The summed E-state index contributed by atoms with van der Waals surface area (Å²) < 4.78 is 0. The molecule has 1 heterocycles. The van der Waals surface area contributed by atoms with Crippen LogP contribution in [0.15, 0.2) is 24.3 Å². The summed E-state index contributed by atoms with van der Waals surface area (Å²) in [5.74, 6) is 2.18. The Bertz CT molecular complexity index is 433. The van der Waals surface area contributed by atoms with E-state index in [-0.39, 0.29) is 12.4 Å². The fourth-order valence-corrected chi connectivity index (χ4v) is 2.28. The minimum atomic E-state index is 0. The number of para-hydroxylation sites is 2. The van der Waals surface area contributed by atoms with Crippen LogP contribution in [0.1, 0.15) is 5.82 Å². The quantitative estimate of drug-likeness (QED) is 0.831. The topological polar surface area (TPSA) is 31.9 Å². The first-order valence-electron chi connectivity index (χ1n) is 5.61. The molecule has 1 aromatic carbocycles. The van der Waals surface area contributed by atoms with E-state index >= 15 is 0 Å². The lowest BCUT2D eigenvalue weighted by Crippen LogP contribution is -2.27. The van der Waals surface area contributed by atoms with Gasteiger partial charge in [0.25, 0.3) is 0 Å². The van der Waals surface area contributed by atoms with Crippen LogP contribution in [0.2, 0.25) is 0 Å². The molecule has 18 heavy (non-hydrogen) atoms. The van der Waals surface area contributed by atoms with E-state index in [4.69, 9.17) is 23.2 Å². The van der Waals surface area contributed by atoms with Crippen LogP contribution in [0.5, 0.6) is 0 Å². The van der Waals surface area contributed by atoms with Crippen LogP contribution in [0.3, 0.4) is 0 Å². The third-order valence-electron chi connectivity index (χ3n) is 2.61. The largest absolute Gasteiger partial charge is 0.341 e. The summed E-state index contributed by atoms with van der Waals surface area (Å²) >= 11 is 11.5. The number of imidazole rings is 1. The lowest BCUT2D eigenvalue weighted by atomic mass is 10.3. The molecule has 0 spiro atoms. The Balaban J connectivity index is 0.00000162. The number of benzene rings is 1. The van der Waals surface area contributed by atoms with E-state index in [0.29, 0.717) is 11.8 Å². The number of aromatic amines is 1. The van der Waals surface area contributed by atoms with Crippen molar-refractivity contribution in [1.82, 2.24) is 14.9 Å². The van der Waals surface area contributed by atoms with Gasteiger partial charge in [0.15, 0.2) is 0 Å². The van der Waals surface area contributed by atoms with Crippen molar-refractivity contribution in [1.29, 1.82) is 0 Å². The zero-order valence-corrected chi connectivity index (χ0v) is 12.2. The van der Waals surface area contributed by atoms with Crippen LogP contribution in [0.4, 0.5) is 0 Å². The summed E-state index contributed by atoms with van der Waals surface area (Å²) in [6.45, 7) is 2.41. The Labute approximate surface area is 123 Å². The third kappa shape index (κ3) is 4.02. The molecule has 0 atom stereocenters. The molecule has 0 saturated heterocycles. The number of H-pyrrole nitrogens is 1. The predicted molar refractivity (Wildman–Crippen MR) is 80.1 cm³/mol. The molecule has 1 aromatic heterocycles. The van der Waals surface area contributed by atoms with Crippen molar-refractivity contribution in [3.8, 4) is 0 Å². The number of alkyl halides is 2. The zero-order valence-electron chi connectivity index (χ0n) is 9.90. The number of aromatic nitrogens is 2. The molecule has 0 aliphatic rings. The Morgan fingerprint density at radius 3 is 2.39 bits per heavy atom. The van der Waals surface area contributed by atoms with Crippen molar-refractivity contribution < 1.29 is 0 Å².